The number of alkyl halides is 1. The molecule has 7 heteroatoms. The first-order valence-corrected chi connectivity index (χ1v) is 10.9. The van der Waals surface area contributed by atoms with E-state index in [9.17, 15) is 9.18 Å². The zero-order valence-electron chi connectivity index (χ0n) is 15.6. The quantitative estimate of drug-likeness (QED) is 0.429. The molecule has 152 valence electrons. The number of rotatable bonds is 8. The third kappa shape index (κ3) is 5.62. The molecule has 3 unspecified atom stereocenters. The van der Waals surface area contributed by atoms with Gasteiger partial charge in [0.15, 0.2) is 0 Å². The highest BCUT2D eigenvalue weighted by atomic mass is 35.5. The van der Waals surface area contributed by atoms with E-state index in [-0.39, 0.29) is 17.8 Å². The Morgan fingerprint density at radius 2 is 1.96 bits per heavy atom. The fourth-order valence-corrected chi connectivity index (χ4v) is 5.24. The first-order chi connectivity index (χ1) is 13.5. The number of hydrogen-bond donors (Lipinski definition) is 0. The molecule has 0 aliphatic heterocycles. The number of aryl methyl sites for hydroxylation is 1. The minimum Gasteiger partial charge on any atom is -0.493 e. The molecule has 3 nitrogen and oxygen atoms in total. The normalized spacial score (nSPS) is 21.6. The number of ether oxygens (including phenoxy) is 2. The standard InChI is InChI=1S/C21H23Cl2FO3S/c1-26-21(25)20-8-6-17(28-20)3-2-4-18-13(5-7-19(18)24)12-27-16-10-14(22)9-15(23)11-16/h6,8-11,13,18-19H,2-5,7,12H2,1H3. The van der Waals surface area contributed by atoms with Gasteiger partial charge >= 0.3 is 5.97 Å². The molecule has 1 aliphatic rings. The Morgan fingerprint density at radius 1 is 1.21 bits per heavy atom. The van der Waals surface area contributed by atoms with Crippen LogP contribution in [0, 0.1) is 11.8 Å². The van der Waals surface area contributed by atoms with Crippen molar-refractivity contribution >= 4 is 40.5 Å². The van der Waals surface area contributed by atoms with Crippen molar-refractivity contribution in [3.05, 3.63) is 50.1 Å². The van der Waals surface area contributed by atoms with E-state index >= 15 is 0 Å². The van der Waals surface area contributed by atoms with Crippen molar-refractivity contribution in [1.29, 1.82) is 0 Å². The Balaban J connectivity index is 1.50. The smallest absolute Gasteiger partial charge is 0.348 e. The zero-order chi connectivity index (χ0) is 20.1. The Bertz CT molecular complexity index is 790. The Hall–Kier alpha value is -1.30. The minimum atomic E-state index is -0.787. The number of methoxy groups -OCH3 is 1. The van der Waals surface area contributed by atoms with Gasteiger partial charge in [-0.25, -0.2) is 9.18 Å². The second-order valence-corrected chi connectivity index (χ2v) is 9.12. The number of esters is 1. The van der Waals surface area contributed by atoms with Crippen LogP contribution in [0.3, 0.4) is 0 Å². The molecule has 1 heterocycles. The third-order valence-corrected chi connectivity index (χ3v) is 6.75. The SMILES string of the molecule is COC(=O)c1ccc(CCCC2C(F)CCC2COc2cc(Cl)cc(Cl)c2)s1. The van der Waals surface area contributed by atoms with Crippen LogP contribution in [0.2, 0.25) is 10.0 Å². The first kappa shape index (κ1) is 21.4. The lowest BCUT2D eigenvalue weighted by Gasteiger charge is -2.21. The van der Waals surface area contributed by atoms with Crippen LogP contribution in [-0.4, -0.2) is 25.9 Å². The molecule has 0 saturated heterocycles. The van der Waals surface area contributed by atoms with Crippen molar-refractivity contribution in [2.24, 2.45) is 11.8 Å². The van der Waals surface area contributed by atoms with Gasteiger partial charge in [0.1, 0.15) is 16.8 Å². The van der Waals surface area contributed by atoms with Crippen LogP contribution in [0.15, 0.2) is 30.3 Å². The summed E-state index contributed by atoms with van der Waals surface area (Å²) < 4.78 is 25.0. The van der Waals surface area contributed by atoms with E-state index in [0.717, 1.165) is 30.6 Å². The fourth-order valence-electron chi connectivity index (χ4n) is 3.77. The first-order valence-electron chi connectivity index (χ1n) is 9.36. The van der Waals surface area contributed by atoms with Crippen LogP contribution < -0.4 is 4.74 Å². The second-order valence-electron chi connectivity index (χ2n) is 7.08. The maximum absolute atomic E-state index is 14.4. The van der Waals surface area contributed by atoms with Crippen LogP contribution in [0.4, 0.5) is 4.39 Å². The van der Waals surface area contributed by atoms with Crippen LogP contribution in [0.1, 0.15) is 40.2 Å². The van der Waals surface area contributed by atoms with Gasteiger partial charge in [0.2, 0.25) is 0 Å². The minimum absolute atomic E-state index is 0.00491. The molecule has 0 bridgehead atoms. The molecule has 0 radical (unpaired) electrons. The van der Waals surface area contributed by atoms with Gasteiger partial charge in [-0.2, -0.15) is 0 Å². The molecule has 3 atom stereocenters. The molecule has 0 spiro atoms. The van der Waals surface area contributed by atoms with Gasteiger partial charge < -0.3 is 9.47 Å². The molecule has 1 aromatic carbocycles. The van der Waals surface area contributed by atoms with Crippen LogP contribution in [0.5, 0.6) is 5.75 Å². The van der Waals surface area contributed by atoms with E-state index in [1.54, 1.807) is 24.3 Å². The van der Waals surface area contributed by atoms with Crippen molar-refractivity contribution in [2.45, 2.75) is 38.3 Å². The predicted molar refractivity (Wildman–Crippen MR) is 112 cm³/mol. The number of carbonyl (C=O) groups excluding carboxylic acids is 1. The van der Waals surface area contributed by atoms with Crippen molar-refractivity contribution in [3.63, 3.8) is 0 Å². The van der Waals surface area contributed by atoms with Crippen molar-refractivity contribution in [3.8, 4) is 5.75 Å². The van der Waals surface area contributed by atoms with Gasteiger partial charge in [-0.3, -0.25) is 0 Å². The van der Waals surface area contributed by atoms with Crippen molar-refractivity contribution < 1.29 is 18.7 Å². The van der Waals surface area contributed by atoms with Crippen LogP contribution in [-0.2, 0) is 11.2 Å². The van der Waals surface area contributed by atoms with Gasteiger partial charge in [-0.05, 0) is 74.3 Å². The summed E-state index contributed by atoms with van der Waals surface area (Å²) in [5, 5.41) is 1.05. The van der Waals surface area contributed by atoms with E-state index in [0.29, 0.717) is 33.7 Å². The Kier molecular flexibility index (Phi) is 7.61. The molecule has 1 saturated carbocycles. The number of carbonyl (C=O) groups is 1. The average Bonchev–Trinajstić information content (AvgIpc) is 3.26. The maximum Gasteiger partial charge on any atom is 0.348 e. The maximum atomic E-state index is 14.4. The predicted octanol–water partition coefficient (Wildman–Crippen LogP) is 6.61. The fraction of sp³-hybridized carbons (Fsp3) is 0.476. The molecule has 28 heavy (non-hydrogen) atoms. The second kappa shape index (κ2) is 9.95. The summed E-state index contributed by atoms with van der Waals surface area (Å²) in [6.45, 7) is 0.466. The van der Waals surface area contributed by atoms with E-state index in [1.165, 1.54) is 18.4 Å². The molecule has 2 aromatic rings. The summed E-state index contributed by atoms with van der Waals surface area (Å²) in [7, 11) is 1.38. The van der Waals surface area contributed by atoms with Gasteiger partial charge in [-0.1, -0.05) is 23.2 Å². The van der Waals surface area contributed by atoms with Crippen molar-refractivity contribution in [2.75, 3.05) is 13.7 Å². The van der Waals surface area contributed by atoms with Crippen LogP contribution >= 0.6 is 34.5 Å². The highest BCUT2D eigenvalue weighted by molar-refractivity contribution is 7.13. The van der Waals surface area contributed by atoms with Gasteiger partial charge in [-0.15, -0.1) is 11.3 Å². The van der Waals surface area contributed by atoms with Gasteiger partial charge in [0.05, 0.1) is 13.7 Å². The lowest BCUT2D eigenvalue weighted by molar-refractivity contribution is 0.0606. The van der Waals surface area contributed by atoms with Crippen molar-refractivity contribution in [1.82, 2.24) is 0 Å². The summed E-state index contributed by atoms with van der Waals surface area (Å²) in [6, 6.07) is 8.83. The zero-order valence-corrected chi connectivity index (χ0v) is 18.0. The summed E-state index contributed by atoms with van der Waals surface area (Å²) in [4.78, 5) is 13.3. The van der Waals surface area contributed by atoms with E-state index in [1.807, 2.05) is 6.07 Å². The topological polar surface area (TPSA) is 35.5 Å². The number of halogens is 3. The third-order valence-electron chi connectivity index (χ3n) is 5.19. The molecule has 1 aliphatic carbocycles. The van der Waals surface area contributed by atoms with E-state index < -0.39 is 6.17 Å². The average molecular weight is 445 g/mol. The largest absolute Gasteiger partial charge is 0.493 e. The van der Waals surface area contributed by atoms with Gasteiger partial charge in [0.25, 0.3) is 0 Å². The Labute approximate surface area is 178 Å². The molecular formula is C21H23Cl2FO3S. The van der Waals surface area contributed by atoms with Gasteiger partial charge in [0, 0.05) is 14.9 Å². The highest BCUT2D eigenvalue weighted by Crippen LogP contribution is 2.38. The molecule has 1 aromatic heterocycles. The monoisotopic (exact) mass is 444 g/mol. The molecule has 0 amide bonds. The number of thiophene rings is 1. The Morgan fingerprint density at radius 3 is 2.68 bits per heavy atom. The summed E-state index contributed by atoms with van der Waals surface area (Å²) in [5.41, 5.74) is 0. The summed E-state index contributed by atoms with van der Waals surface area (Å²) >= 11 is 13.4. The van der Waals surface area contributed by atoms with Crippen LogP contribution in [0.25, 0.3) is 0 Å². The molecular weight excluding hydrogens is 422 g/mol. The summed E-state index contributed by atoms with van der Waals surface area (Å²) in [5.74, 6) is 0.484. The molecule has 1 fully saturated rings. The number of hydrogen-bond acceptors (Lipinski definition) is 4. The molecule has 3 rings (SSSR count). The number of benzene rings is 1. The highest BCUT2D eigenvalue weighted by Gasteiger charge is 2.36. The molecule has 0 N–H and O–H groups in total. The van der Waals surface area contributed by atoms with E-state index in [4.69, 9.17) is 32.7 Å². The van der Waals surface area contributed by atoms with E-state index in [2.05, 4.69) is 0 Å². The summed E-state index contributed by atoms with van der Waals surface area (Å²) in [6.07, 6.45) is 3.14. The lowest BCUT2D eigenvalue weighted by atomic mass is 9.90. The lowest BCUT2D eigenvalue weighted by Crippen LogP contribution is -2.21.